The Morgan fingerprint density at radius 2 is 1.88 bits per heavy atom. The standard InChI is InChI=1S/C26H22ClFN4OS/c1-15-12-20(16(2)31(15)19-7-5-6-18(28)14-19)25-24(21-8-3-4-11-29-21)30-26(34)32(25)22-13-17(27)9-10-23(22)33/h3-14,24-25,33H,1-2H3,(H,30,34)/t24-,25-/m0/s1. The third-order valence-corrected chi connectivity index (χ3v) is 6.70. The van der Waals surface area contributed by atoms with Gasteiger partial charge in [-0.25, -0.2) is 4.39 Å². The van der Waals surface area contributed by atoms with E-state index in [-0.39, 0.29) is 23.7 Å². The third-order valence-electron chi connectivity index (χ3n) is 6.15. The second kappa shape index (κ2) is 8.74. The highest BCUT2D eigenvalue weighted by molar-refractivity contribution is 7.80. The van der Waals surface area contributed by atoms with Gasteiger partial charge in [-0.1, -0.05) is 23.7 Å². The van der Waals surface area contributed by atoms with Crippen LogP contribution in [0, 0.1) is 19.7 Å². The van der Waals surface area contributed by atoms with Crippen LogP contribution in [0.1, 0.15) is 34.7 Å². The van der Waals surface area contributed by atoms with Crippen LogP contribution in [0.5, 0.6) is 5.75 Å². The van der Waals surface area contributed by atoms with E-state index in [4.69, 9.17) is 23.8 Å². The number of aromatic nitrogens is 2. The number of phenols is 1. The van der Waals surface area contributed by atoms with Gasteiger partial charge in [0.2, 0.25) is 0 Å². The van der Waals surface area contributed by atoms with Gasteiger partial charge in [-0.2, -0.15) is 0 Å². The van der Waals surface area contributed by atoms with Crippen LogP contribution in [-0.2, 0) is 0 Å². The summed E-state index contributed by atoms with van der Waals surface area (Å²) in [5, 5.41) is 15.1. The Kier molecular flexibility index (Phi) is 5.75. The van der Waals surface area contributed by atoms with E-state index in [2.05, 4.69) is 16.4 Å². The number of anilines is 1. The maximum absolute atomic E-state index is 14.0. The molecule has 3 heterocycles. The Morgan fingerprint density at radius 1 is 1.06 bits per heavy atom. The number of aromatic hydroxyl groups is 1. The number of hydrogen-bond donors (Lipinski definition) is 2. The van der Waals surface area contributed by atoms with E-state index in [1.165, 1.54) is 12.1 Å². The van der Waals surface area contributed by atoms with Gasteiger partial charge < -0.3 is 19.9 Å². The molecule has 0 bridgehead atoms. The molecule has 1 saturated heterocycles. The van der Waals surface area contributed by atoms with Crippen molar-refractivity contribution in [2.24, 2.45) is 0 Å². The maximum Gasteiger partial charge on any atom is 0.174 e. The van der Waals surface area contributed by atoms with E-state index in [1.54, 1.807) is 30.5 Å². The van der Waals surface area contributed by atoms with Crippen molar-refractivity contribution < 1.29 is 9.50 Å². The first kappa shape index (κ1) is 22.4. The molecule has 2 N–H and O–H groups in total. The van der Waals surface area contributed by atoms with Gasteiger partial charge in [-0.3, -0.25) is 4.98 Å². The highest BCUT2D eigenvalue weighted by Crippen LogP contribution is 2.46. The largest absolute Gasteiger partial charge is 0.506 e. The van der Waals surface area contributed by atoms with E-state index in [0.717, 1.165) is 28.3 Å². The van der Waals surface area contributed by atoms with Gasteiger partial charge in [-0.15, -0.1) is 0 Å². The molecular formula is C26H22ClFN4OS. The number of nitrogens with one attached hydrogen (secondary N) is 1. The van der Waals surface area contributed by atoms with Crippen LogP contribution in [0.25, 0.3) is 5.69 Å². The van der Waals surface area contributed by atoms with Crippen molar-refractivity contribution in [1.82, 2.24) is 14.9 Å². The van der Waals surface area contributed by atoms with Crippen molar-refractivity contribution >= 4 is 34.6 Å². The zero-order valence-corrected chi connectivity index (χ0v) is 20.1. The number of phenolic OH excluding ortho intramolecular Hbond substituents is 1. The number of pyridine rings is 1. The molecule has 2 aromatic carbocycles. The monoisotopic (exact) mass is 492 g/mol. The Morgan fingerprint density at radius 3 is 2.62 bits per heavy atom. The quantitative estimate of drug-likeness (QED) is 0.334. The van der Waals surface area contributed by atoms with E-state index >= 15 is 0 Å². The van der Waals surface area contributed by atoms with E-state index in [9.17, 15) is 9.50 Å². The van der Waals surface area contributed by atoms with Crippen LogP contribution < -0.4 is 10.2 Å². The smallest absolute Gasteiger partial charge is 0.174 e. The minimum Gasteiger partial charge on any atom is -0.506 e. The fraction of sp³-hybridized carbons (Fsp3) is 0.154. The van der Waals surface area contributed by atoms with Crippen LogP contribution in [0.3, 0.4) is 0 Å². The van der Waals surface area contributed by atoms with Crippen molar-refractivity contribution in [3.63, 3.8) is 0 Å². The number of rotatable bonds is 4. The van der Waals surface area contributed by atoms with E-state index in [0.29, 0.717) is 15.8 Å². The maximum atomic E-state index is 14.0. The average molecular weight is 493 g/mol. The Bertz CT molecular complexity index is 1390. The van der Waals surface area contributed by atoms with Crippen molar-refractivity contribution in [3.8, 4) is 11.4 Å². The molecule has 4 aromatic rings. The Labute approximate surface area is 207 Å². The minimum atomic E-state index is -0.333. The average Bonchev–Trinajstić information content (AvgIpc) is 3.31. The molecule has 0 radical (unpaired) electrons. The molecule has 5 nitrogen and oxygen atoms in total. The Balaban J connectivity index is 1.71. The lowest BCUT2D eigenvalue weighted by Gasteiger charge is -2.28. The normalized spacial score (nSPS) is 17.8. The number of hydrogen-bond acceptors (Lipinski definition) is 3. The summed E-state index contributed by atoms with van der Waals surface area (Å²) in [5.74, 6) is -0.230. The van der Waals surface area contributed by atoms with E-state index < -0.39 is 0 Å². The van der Waals surface area contributed by atoms with Gasteiger partial charge in [0.05, 0.1) is 23.5 Å². The number of aryl methyl sites for hydroxylation is 1. The lowest BCUT2D eigenvalue weighted by molar-refractivity contribution is 0.472. The van der Waals surface area contributed by atoms with Gasteiger partial charge in [0.25, 0.3) is 0 Å². The molecule has 1 aliphatic heterocycles. The topological polar surface area (TPSA) is 53.3 Å². The van der Waals surface area contributed by atoms with E-state index in [1.807, 2.05) is 47.6 Å². The lowest BCUT2D eigenvalue weighted by Crippen LogP contribution is -2.29. The summed E-state index contributed by atoms with van der Waals surface area (Å²) in [6.07, 6.45) is 1.74. The number of benzene rings is 2. The molecule has 0 amide bonds. The molecule has 34 heavy (non-hydrogen) atoms. The number of thiocarbonyl (C=S) groups is 1. The minimum absolute atomic E-state index is 0.0687. The summed E-state index contributed by atoms with van der Waals surface area (Å²) >= 11 is 12.0. The first-order valence-corrected chi connectivity index (χ1v) is 11.6. The molecule has 1 aliphatic rings. The van der Waals surface area contributed by atoms with Gasteiger partial charge in [0.15, 0.2) is 5.11 Å². The first-order chi connectivity index (χ1) is 16.3. The van der Waals surface area contributed by atoms with Crippen molar-refractivity contribution in [2.45, 2.75) is 25.9 Å². The summed E-state index contributed by atoms with van der Waals surface area (Å²) in [6.45, 7) is 3.99. The van der Waals surface area contributed by atoms with Gasteiger partial charge >= 0.3 is 0 Å². The molecule has 0 unspecified atom stereocenters. The number of nitrogens with zero attached hydrogens (tertiary/aromatic N) is 3. The summed E-state index contributed by atoms with van der Waals surface area (Å²) < 4.78 is 16.0. The molecule has 0 saturated carbocycles. The summed E-state index contributed by atoms with van der Waals surface area (Å²) in [6, 6.07) is 18.6. The molecule has 5 rings (SSSR count). The second-order valence-corrected chi connectivity index (χ2v) is 9.09. The van der Waals surface area contributed by atoms with Crippen molar-refractivity contribution in [1.29, 1.82) is 0 Å². The fourth-order valence-electron chi connectivity index (χ4n) is 4.72. The van der Waals surface area contributed by atoms with Gasteiger partial charge in [0.1, 0.15) is 11.6 Å². The van der Waals surface area contributed by atoms with Crippen LogP contribution in [0.2, 0.25) is 5.02 Å². The van der Waals surface area contributed by atoms with Gasteiger partial charge in [0, 0.05) is 28.3 Å². The molecule has 0 aliphatic carbocycles. The molecular weight excluding hydrogens is 471 g/mol. The predicted octanol–water partition coefficient (Wildman–Crippen LogP) is 6.16. The highest BCUT2D eigenvalue weighted by atomic mass is 35.5. The summed E-state index contributed by atoms with van der Waals surface area (Å²) in [4.78, 5) is 6.46. The van der Waals surface area contributed by atoms with Gasteiger partial charge in [-0.05, 0) is 86.2 Å². The molecule has 0 spiro atoms. The lowest BCUT2D eigenvalue weighted by atomic mass is 9.96. The molecule has 8 heteroatoms. The first-order valence-electron chi connectivity index (χ1n) is 10.8. The summed E-state index contributed by atoms with van der Waals surface area (Å²) in [5.41, 5.74) is 4.92. The molecule has 1 fully saturated rings. The fourth-order valence-corrected chi connectivity index (χ4v) is 5.22. The van der Waals surface area contributed by atoms with Crippen LogP contribution >= 0.6 is 23.8 Å². The molecule has 172 valence electrons. The predicted molar refractivity (Wildman–Crippen MR) is 136 cm³/mol. The Hall–Kier alpha value is -3.42. The van der Waals surface area contributed by atoms with Crippen LogP contribution in [0.15, 0.2) is 72.9 Å². The van der Waals surface area contributed by atoms with Crippen molar-refractivity contribution in [3.05, 3.63) is 106 Å². The third kappa shape index (κ3) is 3.81. The zero-order chi connectivity index (χ0) is 24.0. The highest BCUT2D eigenvalue weighted by Gasteiger charge is 2.43. The number of halogens is 2. The zero-order valence-electron chi connectivity index (χ0n) is 18.5. The van der Waals surface area contributed by atoms with Crippen molar-refractivity contribution in [2.75, 3.05) is 4.90 Å². The molecule has 2 aromatic heterocycles. The SMILES string of the molecule is Cc1cc([C@H]2[C@H](c3ccccn3)NC(=S)N2c2cc(Cl)ccc2O)c(C)n1-c1cccc(F)c1. The summed E-state index contributed by atoms with van der Waals surface area (Å²) in [7, 11) is 0. The van der Waals surface area contributed by atoms with Crippen LogP contribution in [0.4, 0.5) is 10.1 Å². The second-order valence-electron chi connectivity index (χ2n) is 8.27. The van der Waals surface area contributed by atoms with Crippen LogP contribution in [-0.4, -0.2) is 19.8 Å². The molecule has 2 atom stereocenters.